The molecule has 0 spiro atoms. The van der Waals surface area contributed by atoms with Crippen molar-refractivity contribution in [2.75, 3.05) is 24.6 Å². The number of nitrogens with zero attached hydrogens (tertiary/aromatic N) is 3. The molecule has 1 aliphatic carbocycles. The summed E-state index contributed by atoms with van der Waals surface area (Å²) in [5.74, 6) is 1.10. The first-order valence-electron chi connectivity index (χ1n) is 10.9. The number of sulfonamides is 1. The lowest BCUT2D eigenvalue weighted by molar-refractivity contribution is -0.118. The first-order chi connectivity index (χ1) is 15.9. The molecule has 0 unspecified atom stereocenters. The smallest absolute Gasteiger partial charge is 0.240 e. The highest BCUT2D eigenvalue weighted by molar-refractivity contribution is 8.00. The number of halogens is 1. The summed E-state index contributed by atoms with van der Waals surface area (Å²) in [6, 6.07) is 7.02. The Morgan fingerprint density at radius 2 is 2.03 bits per heavy atom. The van der Waals surface area contributed by atoms with Gasteiger partial charge in [-0.3, -0.25) is 14.4 Å². The van der Waals surface area contributed by atoms with Crippen molar-refractivity contribution >= 4 is 27.7 Å². The average molecular weight is 487 g/mol. The molecule has 1 aromatic carbocycles. The number of amides is 1. The summed E-state index contributed by atoms with van der Waals surface area (Å²) in [6.45, 7) is 0.887. The SMILES string of the molecule is N#Cc1cc(-c2cc(F)c3c(c2CC(=O)NS(=O)(=O)C2CN(C4CSC4)C2)CCC3)ccn1. The van der Waals surface area contributed by atoms with Gasteiger partial charge in [0, 0.05) is 36.8 Å². The van der Waals surface area contributed by atoms with Gasteiger partial charge in [-0.05, 0) is 65.3 Å². The molecule has 1 aromatic heterocycles. The minimum Gasteiger partial charge on any atom is -0.296 e. The molecule has 0 atom stereocenters. The molecule has 1 N–H and O–H groups in total. The van der Waals surface area contributed by atoms with Crippen molar-refractivity contribution in [1.82, 2.24) is 14.6 Å². The predicted molar refractivity (Wildman–Crippen MR) is 124 cm³/mol. The van der Waals surface area contributed by atoms with Gasteiger partial charge in [-0.25, -0.2) is 17.8 Å². The van der Waals surface area contributed by atoms with Gasteiger partial charge in [0.1, 0.15) is 22.8 Å². The molecule has 1 amide bonds. The van der Waals surface area contributed by atoms with E-state index in [2.05, 4.69) is 14.6 Å². The summed E-state index contributed by atoms with van der Waals surface area (Å²) >= 11 is 1.85. The number of carbonyl (C=O) groups excluding carboxylic acids is 1. The molecule has 0 bridgehead atoms. The van der Waals surface area contributed by atoms with Crippen LogP contribution in [0.25, 0.3) is 11.1 Å². The Morgan fingerprint density at radius 1 is 1.27 bits per heavy atom. The Bertz CT molecular complexity index is 1270. The first kappa shape index (κ1) is 22.3. The van der Waals surface area contributed by atoms with Crippen molar-refractivity contribution in [3.05, 3.63) is 52.6 Å². The van der Waals surface area contributed by atoms with E-state index < -0.39 is 21.2 Å². The molecule has 5 rings (SSSR count). The number of benzene rings is 1. The predicted octanol–water partition coefficient (Wildman–Crippen LogP) is 2.04. The molecule has 2 aromatic rings. The second-order valence-corrected chi connectivity index (χ2v) is 11.8. The maximum absolute atomic E-state index is 14.8. The molecule has 2 saturated heterocycles. The zero-order valence-corrected chi connectivity index (χ0v) is 19.5. The monoisotopic (exact) mass is 486 g/mol. The van der Waals surface area contributed by atoms with Crippen LogP contribution in [0.1, 0.15) is 28.8 Å². The molecule has 7 nitrogen and oxygen atoms in total. The van der Waals surface area contributed by atoms with E-state index in [-0.39, 0.29) is 17.9 Å². The largest absolute Gasteiger partial charge is 0.296 e. The van der Waals surface area contributed by atoms with E-state index in [9.17, 15) is 22.9 Å². The maximum atomic E-state index is 14.8. The highest BCUT2D eigenvalue weighted by atomic mass is 32.2. The fraction of sp³-hybridized carbons (Fsp3) is 0.435. The zero-order chi connectivity index (χ0) is 23.2. The molecule has 0 saturated carbocycles. The molecule has 3 aliphatic rings. The lowest BCUT2D eigenvalue weighted by Gasteiger charge is -2.46. The van der Waals surface area contributed by atoms with Crippen molar-refractivity contribution in [3.63, 3.8) is 0 Å². The van der Waals surface area contributed by atoms with Gasteiger partial charge in [0.2, 0.25) is 15.9 Å². The molecule has 3 heterocycles. The van der Waals surface area contributed by atoms with E-state index in [0.717, 1.165) is 23.5 Å². The van der Waals surface area contributed by atoms with Crippen LogP contribution in [-0.4, -0.2) is 60.1 Å². The summed E-state index contributed by atoms with van der Waals surface area (Å²) in [7, 11) is -3.78. The molecule has 10 heteroatoms. The lowest BCUT2D eigenvalue weighted by atomic mass is 9.90. The molecule has 2 aliphatic heterocycles. The van der Waals surface area contributed by atoms with Gasteiger partial charge in [0.05, 0.1) is 6.42 Å². The minimum absolute atomic E-state index is 0.170. The third-order valence-electron chi connectivity index (χ3n) is 6.70. The number of thioether (sulfide) groups is 1. The van der Waals surface area contributed by atoms with Gasteiger partial charge >= 0.3 is 0 Å². The van der Waals surface area contributed by atoms with Crippen LogP contribution < -0.4 is 4.72 Å². The number of carbonyl (C=O) groups is 1. The Kier molecular flexibility index (Phi) is 5.89. The van der Waals surface area contributed by atoms with E-state index in [1.807, 2.05) is 17.8 Å². The van der Waals surface area contributed by atoms with Crippen molar-refractivity contribution in [2.45, 2.75) is 37.0 Å². The van der Waals surface area contributed by atoms with E-state index in [1.165, 1.54) is 12.3 Å². The van der Waals surface area contributed by atoms with E-state index in [1.54, 1.807) is 12.1 Å². The number of nitrogens with one attached hydrogen (secondary N) is 1. The zero-order valence-electron chi connectivity index (χ0n) is 17.9. The van der Waals surface area contributed by atoms with Crippen molar-refractivity contribution in [1.29, 1.82) is 5.26 Å². The van der Waals surface area contributed by atoms with Crippen LogP contribution in [-0.2, 0) is 34.1 Å². The fourth-order valence-corrected chi connectivity index (χ4v) is 6.96. The molecule has 33 heavy (non-hydrogen) atoms. The third kappa shape index (κ3) is 4.25. The van der Waals surface area contributed by atoms with Crippen molar-refractivity contribution in [2.24, 2.45) is 0 Å². The van der Waals surface area contributed by atoms with Crippen LogP contribution in [0.4, 0.5) is 4.39 Å². The topological polar surface area (TPSA) is 103 Å². The maximum Gasteiger partial charge on any atom is 0.240 e. The first-order valence-corrected chi connectivity index (χ1v) is 13.6. The van der Waals surface area contributed by atoms with Crippen LogP contribution >= 0.6 is 11.8 Å². The molecule has 2 fully saturated rings. The third-order valence-corrected chi connectivity index (χ3v) is 9.63. The van der Waals surface area contributed by atoms with Crippen molar-refractivity contribution in [3.8, 4) is 17.2 Å². The summed E-state index contributed by atoms with van der Waals surface area (Å²) in [4.78, 5) is 19.0. The van der Waals surface area contributed by atoms with Gasteiger partial charge in [0.15, 0.2) is 0 Å². The Balaban J connectivity index is 1.39. The van der Waals surface area contributed by atoms with Crippen LogP contribution in [0.5, 0.6) is 0 Å². The summed E-state index contributed by atoms with van der Waals surface area (Å²) < 4.78 is 42.6. The van der Waals surface area contributed by atoms with E-state index in [4.69, 9.17) is 0 Å². The van der Waals surface area contributed by atoms with Crippen LogP contribution in [0, 0.1) is 17.1 Å². The van der Waals surface area contributed by atoms with Gasteiger partial charge < -0.3 is 0 Å². The second-order valence-electron chi connectivity index (χ2n) is 8.75. The molecular formula is C23H23FN4O3S2. The highest BCUT2D eigenvalue weighted by Gasteiger charge is 2.42. The Hall–Kier alpha value is -2.48. The van der Waals surface area contributed by atoms with Gasteiger partial charge in [-0.2, -0.15) is 17.0 Å². The number of nitriles is 1. The summed E-state index contributed by atoms with van der Waals surface area (Å²) in [5, 5.41) is 8.60. The molecular weight excluding hydrogens is 463 g/mol. The number of hydrogen-bond donors (Lipinski definition) is 1. The second kappa shape index (κ2) is 8.70. The Labute approximate surface area is 196 Å². The standard InChI is InChI=1S/C23H23FN4O3S2/c24-22-7-20(14-4-5-26-15(6-14)9-25)21(18-2-1-3-19(18)22)8-23(29)27-33(30,31)17-10-28(11-17)16-12-32-13-16/h4-7,16-17H,1-3,8,10-13H2,(H,27,29). The van der Waals surface area contributed by atoms with Crippen LogP contribution in [0.2, 0.25) is 0 Å². The number of pyridine rings is 1. The van der Waals surface area contributed by atoms with Crippen LogP contribution in [0.15, 0.2) is 24.4 Å². The number of fused-ring (bicyclic) bond motifs is 1. The number of rotatable bonds is 6. The highest BCUT2D eigenvalue weighted by Crippen LogP contribution is 2.36. The Morgan fingerprint density at radius 3 is 2.73 bits per heavy atom. The van der Waals surface area contributed by atoms with Gasteiger partial charge in [0.25, 0.3) is 0 Å². The fourth-order valence-electron chi connectivity index (χ4n) is 4.76. The normalized spacial score (nSPS) is 18.8. The summed E-state index contributed by atoms with van der Waals surface area (Å²) in [5.41, 5.74) is 3.24. The van der Waals surface area contributed by atoms with Gasteiger partial charge in [-0.15, -0.1) is 0 Å². The minimum atomic E-state index is -3.78. The van der Waals surface area contributed by atoms with E-state index in [0.29, 0.717) is 54.2 Å². The van der Waals surface area contributed by atoms with E-state index >= 15 is 0 Å². The number of likely N-dealkylation sites (tertiary alicyclic amines) is 1. The van der Waals surface area contributed by atoms with Gasteiger partial charge in [-0.1, -0.05) is 0 Å². The van der Waals surface area contributed by atoms with Crippen LogP contribution in [0.3, 0.4) is 0 Å². The molecule has 172 valence electrons. The summed E-state index contributed by atoms with van der Waals surface area (Å²) in [6.07, 6.45) is 3.29. The number of hydrogen-bond acceptors (Lipinski definition) is 7. The molecule has 0 radical (unpaired) electrons. The average Bonchev–Trinajstić information content (AvgIpc) is 3.21. The lowest BCUT2D eigenvalue weighted by Crippen LogP contribution is -2.63. The number of aromatic nitrogens is 1. The van der Waals surface area contributed by atoms with Crippen molar-refractivity contribution < 1.29 is 17.6 Å². The quantitative estimate of drug-likeness (QED) is 0.666.